The van der Waals surface area contributed by atoms with Crippen molar-refractivity contribution in [2.24, 2.45) is 7.05 Å². The molecule has 8 heteroatoms. The second kappa shape index (κ2) is 6.64. The normalized spacial score (nSPS) is 11.5. The van der Waals surface area contributed by atoms with Gasteiger partial charge < -0.3 is 5.11 Å². The third kappa shape index (κ3) is 3.59. The number of carboxylic acids is 1. The molecule has 0 bridgehead atoms. The monoisotopic (exact) mass is 351 g/mol. The van der Waals surface area contributed by atoms with E-state index in [0.29, 0.717) is 11.3 Å². The Morgan fingerprint density at radius 2 is 1.79 bits per heavy atom. The SMILES string of the molecule is Cc1cc(C)cc(N(CCC(=O)O)S(=O)(=O)c2c(C)cnn2C)c1. The van der Waals surface area contributed by atoms with E-state index in [0.717, 1.165) is 15.4 Å². The summed E-state index contributed by atoms with van der Waals surface area (Å²) in [5, 5.41) is 13.0. The molecule has 130 valence electrons. The topological polar surface area (TPSA) is 92.5 Å². The Balaban J connectivity index is 2.59. The number of carboxylic acid groups (broad SMARTS) is 1. The van der Waals surface area contributed by atoms with E-state index in [1.807, 2.05) is 19.9 Å². The summed E-state index contributed by atoms with van der Waals surface area (Å²) in [6.45, 7) is 5.25. The van der Waals surface area contributed by atoms with Gasteiger partial charge in [-0.25, -0.2) is 0 Å². The quantitative estimate of drug-likeness (QED) is 0.859. The molecule has 1 aromatic heterocycles. The van der Waals surface area contributed by atoms with Crippen LogP contribution in [-0.4, -0.2) is 35.8 Å². The molecule has 1 heterocycles. The zero-order valence-corrected chi connectivity index (χ0v) is 15.0. The van der Waals surface area contributed by atoms with Crippen LogP contribution in [0.4, 0.5) is 5.69 Å². The van der Waals surface area contributed by atoms with Crippen molar-refractivity contribution in [2.75, 3.05) is 10.8 Å². The first-order valence-corrected chi connectivity index (χ1v) is 8.88. The number of rotatable bonds is 6. The van der Waals surface area contributed by atoms with Crippen LogP contribution in [0.1, 0.15) is 23.1 Å². The predicted molar refractivity (Wildman–Crippen MR) is 90.6 cm³/mol. The van der Waals surface area contributed by atoms with Crippen LogP contribution in [0.25, 0.3) is 0 Å². The van der Waals surface area contributed by atoms with E-state index in [2.05, 4.69) is 5.10 Å². The van der Waals surface area contributed by atoms with Crippen LogP contribution < -0.4 is 4.31 Å². The van der Waals surface area contributed by atoms with Gasteiger partial charge >= 0.3 is 5.97 Å². The van der Waals surface area contributed by atoms with Crippen LogP contribution in [0, 0.1) is 20.8 Å². The van der Waals surface area contributed by atoms with E-state index in [-0.39, 0.29) is 18.0 Å². The van der Waals surface area contributed by atoms with Crippen molar-refractivity contribution in [3.8, 4) is 0 Å². The summed E-state index contributed by atoms with van der Waals surface area (Å²) in [4.78, 5) is 11.0. The fourth-order valence-electron chi connectivity index (χ4n) is 2.69. The molecule has 24 heavy (non-hydrogen) atoms. The molecular weight excluding hydrogens is 330 g/mol. The predicted octanol–water partition coefficient (Wildman–Crippen LogP) is 2.02. The van der Waals surface area contributed by atoms with Gasteiger partial charge in [-0.3, -0.25) is 13.8 Å². The van der Waals surface area contributed by atoms with Crippen molar-refractivity contribution < 1.29 is 18.3 Å². The highest BCUT2D eigenvalue weighted by atomic mass is 32.2. The van der Waals surface area contributed by atoms with E-state index < -0.39 is 16.0 Å². The van der Waals surface area contributed by atoms with Crippen molar-refractivity contribution in [3.05, 3.63) is 41.1 Å². The molecule has 0 saturated carbocycles. The Kier molecular flexibility index (Phi) is 4.98. The molecule has 7 nitrogen and oxygen atoms in total. The minimum atomic E-state index is -3.93. The maximum Gasteiger partial charge on any atom is 0.305 e. The molecule has 0 aliphatic carbocycles. The first kappa shape index (κ1) is 18.0. The molecule has 2 rings (SSSR count). The molecule has 0 aliphatic heterocycles. The lowest BCUT2D eigenvalue weighted by atomic mass is 10.1. The lowest BCUT2D eigenvalue weighted by molar-refractivity contribution is -0.136. The number of nitrogens with zero attached hydrogens (tertiary/aromatic N) is 3. The van der Waals surface area contributed by atoms with E-state index >= 15 is 0 Å². The molecule has 1 N–H and O–H groups in total. The van der Waals surface area contributed by atoms with E-state index in [9.17, 15) is 13.2 Å². The van der Waals surface area contributed by atoms with Gasteiger partial charge in [0.05, 0.1) is 18.3 Å². The van der Waals surface area contributed by atoms with Crippen molar-refractivity contribution in [2.45, 2.75) is 32.2 Å². The number of hydrogen-bond donors (Lipinski definition) is 1. The summed E-state index contributed by atoms with van der Waals surface area (Å²) in [6.07, 6.45) is 1.19. The average molecular weight is 351 g/mol. The molecule has 0 saturated heterocycles. The van der Waals surface area contributed by atoms with Gasteiger partial charge in [-0.15, -0.1) is 0 Å². The Hall–Kier alpha value is -2.35. The molecule has 0 atom stereocenters. The Labute approximate surface area is 141 Å². The van der Waals surface area contributed by atoms with Crippen LogP contribution in [0.15, 0.2) is 29.4 Å². The van der Waals surface area contributed by atoms with Gasteiger partial charge in [0.15, 0.2) is 5.03 Å². The lowest BCUT2D eigenvalue weighted by Gasteiger charge is -2.25. The van der Waals surface area contributed by atoms with Crippen LogP contribution in [0.2, 0.25) is 0 Å². The first-order chi connectivity index (χ1) is 11.1. The number of aromatic nitrogens is 2. The number of benzene rings is 1. The lowest BCUT2D eigenvalue weighted by Crippen LogP contribution is -2.34. The van der Waals surface area contributed by atoms with Gasteiger partial charge in [0.1, 0.15) is 0 Å². The minimum absolute atomic E-state index is 0.0621. The molecule has 0 unspecified atom stereocenters. The second-order valence-electron chi connectivity index (χ2n) is 5.82. The maximum absolute atomic E-state index is 13.1. The number of carbonyl (C=O) groups is 1. The highest BCUT2D eigenvalue weighted by Crippen LogP contribution is 2.27. The summed E-state index contributed by atoms with van der Waals surface area (Å²) < 4.78 is 28.7. The van der Waals surface area contributed by atoms with Gasteiger partial charge in [0, 0.05) is 19.2 Å². The fourth-order valence-corrected chi connectivity index (χ4v) is 4.45. The minimum Gasteiger partial charge on any atom is -0.481 e. The van der Waals surface area contributed by atoms with E-state index in [4.69, 9.17) is 5.11 Å². The molecule has 2 aromatic rings. The van der Waals surface area contributed by atoms with Crippen molar-refractivity contribution in [3.63, 3.8) is 0 Å². The van der Waals surface area contributed by atoms with Gasteiger partial charge in [0.2, 0.25) is 0 Å². The molecule has 1 aromatic carbocycles. The zero-order valence-electron chi connectivity index (χ0n) is 14.1. The number of sulfonamides is 1. The first-order valence-electron chi connectivity index (χ1n) is 7.44. The van der Waals surface area contributed by atoms with Crippen molar-refractivity contribution in [1.29, 1.82) is 0 Å². The molecule has 0 aliphatic rings. The van der Waals surface area contributed by atoms with Crippen LogP contribution in [-0.2, 0) is 21.9 Å². The molecule has 0 spiro atoms. The third-order valence-corrected chi connectivity index (χ3v) is 5.66. The van der Waals surface area contributed by atoms with E-state index in [1.54, 1.807) is 26.1 Å². The number of hydrogen-bond acceptors (Lipinski definition) is 4. The number of anilines is 1. The van der Waals surface area contributed by atoms with Crippen LogP contribution in [0.5, 0.6) is 0 Å². The summed E-state index contributed by atoms with van der Waals surface area (Å²) >= 11 is 0. The molecule has 0 radical (unpaired) electrons. The summed E-state index contributed by atoms with van der Waals surface area (Å²) in [6, 6.07) is 5.40. The summed E-state index contributed by atoms with van der Waals surface area (Å²) in [5.74, 6) is -1.05. The second-order valence-corrected chi connectivity index (χ2v) is 7.60. The van der Waals surface area contributed by atoms with Gasteiger partial charge in [-0.2, -0.15) is 13.5 Å². The largest absolute Gasteiger partial charge is 0.481 e. The number of aryl methyl sites for hydroxylation is 4. The Morgan fingerprint density at radius 3 is 2.25 bits per heavy atom. The third-order valence-electron chi connectivity index (χ3n) is 3.61. The average Bonchev–Trinajstić information content (AvgIpc) is 2.77. The molecule has 0 fully saturated rings. The van der Waals surface area contributed by atoms with Crippen molar-refractivity contribution >= 4 is 21.7 Å². The van der Waals surface area contributed by atoms with E-state index in [1.165, 1.54) is 10.9 Å². The van der Waals surface area contributed by atoms with Gasteiger partial charge in [-0.1, -0.05) is 6.07 Å². The number of aliphatic carboxylic acids is 1. The maximum atomic E-state index is 13.1. The van der Waals surface area contributed by atoms with Crippen molar-refractivity contribution in [1.82, 2.24) is 9.78 Å². The standard InChI is InChI=1S/C16H21N3O4S/c1-11-7-12(2)9-14(8-11)19(6-5-15(20)21)24(22,23)16-13(3)10-17-18(16)4/h7-10H,5-6H2,1-4H3,(H,20,21). The highest BCUT2D eigenvalue weighted by molar-refractivity contribution is 7.92. The fraction of sp³-hybridized carbons (Fsp3) is 0.375. The highest BCUT2D eigenvalue weighted by Gasteiger charge is 2.30. The summed E-state index contributed by atoms with van der Waals surface area (Å²) in [5.41, 5.74) is 2.78. The van der Waals surface area contributed by atoms with Crippen LogP contribution in [0.3, 0.4) is 0 Å². The van der Waals surface area contributed by atoms with Gasteiger partial charge in [0.25, 0.3) is 10.0 Å². The molecular formula is C16H21N3O4S. The van der Waals surface area contributed by atoms with Crippen LogP contribution >= 0.6 is 0 Å². The molecule has 0 amide bonds. The smallest absolute Gasteiger partial charge is 0.305 e. The zero-order chi connectivity index (χ0) is 18.1. The summed E-state index contributed by atoms with van der Waals surface area (Å²) in [7, 11) is -2.38. The Morgan fingerprint density at radius 1 is 1.21 bits per heavy atom. The Bertz CT molecular complexity index is 832. The van der Waals surface area contributed by atoms with Gasteiger partial charge in [-0.05, 0) is 44.0 Å².